The van der Waals surface area contributed by atoms with Gasteiger partial charge in [0.05, 0.1) is 16.5 Å². The summed E-state index contributed by atoms with van der Waals surface area (Å²) in [5.41, 5.74) is -1.25. The van der Waals surface area contributed by atoms with Gasteiger partial charge in [-0.15, -0.1) is 0 Å². The number of halogens is 4. The maximum atomic E-state index is 14.7. The number of aromatic carboxylic acids is 1. The average molecular weight is 462 g/mol. The lowest BCUT2D eigenvalue weighted by Crippen LogP contribution is -2.46. The Morgan fingerprint density at radius 1 is 1.07 bits per heavy atom. The number of rotatable bonds is 6. The van der Waals surface area contributed by atoms with Crippen LogP contribution in [0.1, 0.15) is 41.6 Å². The molecule has 0 heterocycles. The molecule has 30 heavy (non-hydrogen) atoms. The zero-order chi connectivity index (χ0) is 22.1. The van der Waals surface area contributed by atoms with E-state index < -0.39 is 51.9 Å². The molecule has 2 atom stereocenters. The van der Waals surface area contributed by atoms with Gasteiger partial charge in [0, 0.05) is 17.1 Å². The van der Waals surface area contributed by atoms with Gasteiger partial charge in [-0.1, -0.05) is 30.5 Å². The van der Waals surface area contributed by atoms with E-state index in [4.69, 9.17) is 16.7 Å². The van der Waals surface area contributed by atoms with Crippen molar-refractivity contribution >= 4 is 27.6 Å². The molecule has 1 saturated carbocycles. The van der Waals surface area contributed by atoms with Gasteiger partial charge in [0.2, 0.25) is 10.0 Å². The standard InChI is InChI=1S/C20H19ClF3NO4S/c21-13-6-8-14(9-7-13)30(28,29)25(17-4-2-1-3-16(17)22)11-12-5-10-15(20(26)27)19(24)18(12)23/h5-10,16-17H,1-4,11H2,(H,26,27)/t16-,17?/m0/s1. The molecule has 0 bridgehead atoms. The topological polar surface area (TPSA) is 74.7 Å². The van der Waals surface area contributed by atoms with Gasteiger partial charge in [0.1, 0.15) is 6.17 Å². The van der Waals surface area contributed by atoms with Crippen LogP contribution >= 0.6 is 11.6 Å². The summed E-state index contributed by atoms with van der Waals surface area (Å²) in [5.74, 6) is -4.72. The molecule has 1 fully saturated rings. The van der Waals surface area contributed by atoms with Crippen molar-refractivity contribution in [3.63, 3.8) is 0 Å². The minimum Gasteiger partial charge on any atom is -0.478 e. The summed E-state index contributed by atoms with van der Waals surface area (Å²) in [6, 6.07) is 6.04. The third-order valence-corrected chi connectivity index (χ3v) is 7.29. The number of carboxylic acid groups (broad SMARTS) is 1. The molecular formula is C20H19ClF3NO4S. The number of sulfonamides is 1. The zero-order valence-electron chi connectivity index (χ0n) is 15.7. The van der Waals surface area contributed by atoms with Crippen LogP contribution in [0, 0.1) is 11.6 Å². The smallest absolute Gasteiger partial charge is 0.338 e. The highest BCUT2D eigenvalue weighted by Gasteiger charge is 2.38. The summed E-state index contributed by atoms with van der Waals surface area (Å²) in [5, 5.41) is 9.23. The number of hydrogen-bond donors (Lipinski definition) is 1. The molecule has 0 spiro atoms. The van der Waals surface area contributed by atoms with Crippen molar-refractivity contribution < 1.29 is 31.5 Å². The van der Waals surface area contributed by atoms with Crippen LogP contribution in [0.2, 0.25) is 5.02 Å². The molecule has 1 unspecified atom stereocenters. The van der Waals surface area contributed by atoms with Crippen LogP contribution in [0.3, 0.4) is 0 Å². The number of nitrogens with zero attached hydrogens (tertiary/aromatic N) is 1. The summed E-state index contributed by atoms with van der Waals surface area (Å²) >= 11 is 5.81. The predicted octanol–water partition coefficient (Wildman–Crippen LogP) is 4.79. The molecule has 0 radical (unpaired) electrons. The predicted molar refractivity (Wildman–Crippen MR) is 105 cm³/mol. The van der Waals surface area contributed by atoms with E-state index in [-0.39, 0.29) is 23.3 Å². The van der Waals surface area contributed by atoms with Crippen LogP contribution in [0.4, 0.5) is 13.2 Å². The summed E-state index contributed by atoms with van der Waals surface area (Å²) in [6.45, 7) is -0.640. The first-order valence-corrected chi connectivity index (χ1v) is 11.1. The van der Waals surface area contributed by atoms with E-state index in [1.165, 1.54) is 24.3 Å². The van der Waals surface area contributed by atoms with E-state index in [9.17, 15) is 26.4 Å². The third-order valence-electron chi connectivity index (χ3n) is 5.16. The van der Waals surface area contributed by atoms with Gasteiger partial charge in [-0.25, -0.2) is 26.4 Å². The minimum absolute atomic E-state index is 0.159. The molecule has 0 aromatic heterocycles. The average Bonchev–Trinajstić information content (AvgIpc) is 2.70. The normalized spacial score (nSPS) is 19.8. The van der Waals surface area contributed by atoms with Gasteiger partial charge in [-0.3, -0.25) is 0 Å². The first-order valence-electron chi connectivity index (χ1n) is 9.24. The first-order chi connectivity index (χ1) is 14.1. The molecular weight excluding hydrogens is 443 g/mol. The van der Waals surface area contributed by atoms with Crippen LogP contribution in [0.15, 0.2) is 41.3 Å². The molecule has 2 aromatic carbocycles. The van der Waals surface area contributed by atoms with Crippen LogP contribution in [-0.2, 0) is 16.6 Å². The second-order valence-corrected chi connectivity index (χ2v) is 9.40. The fourth-order valence-corrected chi connectivity index (χ4v) is 5.34. The molecule has 0 aliphatic heterocycles. The number of carboxylic acids is 1. The highest BCUT2D eigenvalue weighted by atomic mass is 35.5. The molecule has 3 rings (SSSR count). The van der Waals surface area contributed by atoms with Crippen LogP contribution in [0.25, 0.3) is 0 Å². The lowest BCUT2D eigenvalue weighted by molar-refractivity contribution is 0.0690. The van der Waals surface area contributed by atoms with Crippen LogP contribution in [-0.4, -0.2) is 36.0 Å². The maximum absolute atomic E-state index is 14.7. The second kappa shape index (κ2) is 8.95. The highest BCUT2D eigenvalue weighted by Crippen LogP contribution is 2.32. The highest BCUT2D eigenvalue weighted by molar-refractivity contribution is 7.89. The molecule has 2 aromatic rings. The van der Waals surface area contributed by atoms with E-state index in [1.807, 2.05) is 0 Å². The second-order valence-electron chi connectivity index (χ2n) is 7.08. The van der Waals surface area contributed by atoms with E-state index >= 15 is 0 Å². The Morgan fingerprint density at radius 2 is 1.70 bits per heavy atom. The van der Waals surface area contributed by atoms with Gasteiger partial charge < -0.3 is 5.11 Å². The largest absolute Gasteiger partial charge is 0.478 e. The van der Waals surface area contributed by atoms with Crippen molar-refractivity contribution in [1.29, 1.82) is 0 Å². The molecule has 5 nitrogen and oxygen atoms in total. The molecule has 1 N–H and O–H groups in total. The summed E-state index contributed by atoms with van der Waals surface area (Å²) in [4.78, 5) is 10.8. The van der Waals surface area contributed by atoms with Crippen LogP contribution in [0.5, 0.6) is 0 Å². The van der Waals surface area contributed by atoms with Crippen molar-refractivity contribution in [2.24, 2.45) is 0 Å². The SMILES string of the molecule is O=C(O)c1ccc(CN(C2CCCC[C@@H]2F)S(=O)(=O)c2ccc(Cl)cc2)c(F)c1F. The fourth-order valence-electron chi connectivity index (χ4n) is 3.56. The number of hydrogen-bond acceptors (Lipinski definition) is 3. The molecule has 1 aliphatic rings. The van der Waals surface area contributed by atoms with Crippen molar-refractivity contribution in [1.82, 2.24) is 4.31 Å². The monoisotopic (exact) mass is 461 g/mol. The van der Waals surface area contributed by atoms with E-state index in [0.717, 1.165) is 16.4 Å². The maximum Gasteiger partial charge on any atom is 0.338 e. The number of alkyl halides is 1. The van der Waals surface area contributed by atoms with Gasteiger partial charge in [-0.05, 0) is 43.2 Å². The summed E-state index contributed by atoms with van der Waals surface area (Å²) in [7, 11) is -4.28. The lowest BCUT2D eigenvalue weighted by atomic mass is 9.93. The molecule has 0 saturated heterocycles. The molecule has 0 amide bonds. The quantitative estimate of drug-likeness (QED) is 0.671. The molecule has 10 heteroatoms. The summed E-state index contributed by atoms with van der Waals surface area (Å²) in [6.07, 6.45) is 0.110. The Kier molecular flexibility index (Phi) is 6.74. The Balaban J connectivity index is 2.06. The Morgan fingerprint density at radius 3 is 2.30 bits per heavy atom. The van der Waals surface area contributed by atoms with Crippen molar-refractivity contribution in [3.8, 4) is 0 Å². The zero-order valence-corrected chi connectivity index (χ0v) is 17.3. The van der Waals surface area contributed by atoms with Gasteiger partial charge in [0.25, 0.3) is 0 Å². The van der Waals surface area contributed by atoms with E-state index in [2.05, 4.69) is 0 Å². The van der Waals surface area contributed by atoms with Gasteiger partial charge in [-0.2, -0.15) is 4.31 Å². The number of carbonyl (C=O) groups is 1. The Hall–Kier alpha value is -2.10. The van der Waals surface area contributed by atoms with Gasteiger partial charge in [0.15, 0.2) is 11.6 Å². The van der Waals surface area contributed by atoms with Crippen LogP contribution < -0.4 is 0 Å². The minimum atomic E-state index is -4.28. The van der Waals surface area contributed by atoms with Gasteiger partial charge >= 0.3 is 5.97 Å². The third kappa shape index (κ3) is 4.48. The Labute approximate surface area is 177 Å². The Bertz CT molecular complexity index is 1050. The molecule has 1 aliphatic carbocycles. The fraction of sp³-hybridized carbons (Fsp3) is 0.350. The van der Waals surface area contributed by atoms with E-state index in [1.54, 1.807) is 0 Å². The van der Waals surface area contributed by atoms with Crippen molar-refractivity contribution in [2.45, 2.75) is 49.3 Å². The molecule has 162 valence electrons. The summed E-state index contributed by atoms with van der Waals surface area (Å²) < 4.78 is 70.7. The van der Waals surface area contributed by atoms with E-state index in [0.29, 0.717) is 17.9 Å². The number of benzene rings is 2. The first kappa shape index (κ1) is 22.6. The lowest BCUT2D eigenvalue weighted by Gasteiger charge is -2.35. The van der Waals surface area contributed by atoms with Crippen molar-refractivity contribution in [2.75, 3.05) is 0 Å². The van der Waals surface area contributed by atoms with Crippen molar-refractivity contribution in [3.05, 3.63) is 64.2 Å².